The SMILES string of the molecule is CC(C)(CNc1nccc(C(N)=S)n1)C(N)=O. The zero-order valence-corrected chi connectivity index (χ0v) is 10.5. The molecule has 0 atom stereocenters. The second-order valence-corrected chi connectivity index (χ2v) is 4.67. The van der Waals surface area contributed by atoms with Gasteiger partial charge < -0.3 is 16.8 Å². The molecule has 1 aromatic heterocycles. The van der Waals surface area contributed by atoms with Crippen LogP contribution in [0.15, 0.2) is 12.3 Å². The van der Waals surface area contributed by atoms with Gasteiger partial charge in [0.25, 0.3) is 0 Å². The van der Waals surface area contributed by atoms with Crippen molar-refractivity contribution in [1.29, 1.82) is 0 Å². The summed E-state index contributed by atoms with van der Waals surface area (Å²) in [6.07, 6.45) is 1.54. The van der Waals surface area contributed by atoms with Gasteiger partial charge in [0, 0.05) is 12.7 Å². The van der Waals surface area contributed by atoms with Crippen LogP contribution >= 0.6 is 12.2 Å². The zero-order chi connectivity index (χ0) is 13.1. The van der Waals surface area contributed by atoms with Gasteiger partial charge in [-0.2, -0.15) is 0 Å². The van der Waals surface area contributed by atoms with Gasteiger partial charge in [0.1, 0.15) is 10.7 Å². The molecule has 0 aromatic carbocycles. The van der Waals surface area contributed by atoms with Gasteiger partial charge in [-0.15, -0.1) is 0 Å². The molecule has 6 nitrogen and oxygen atoms in total. The normalized spacial score (nSPS) is 10.9. The number of primary amides is 1. The fourth-order valence-corrected chi connectivity index (χ4v) is 1.08. The van der Waals surface area contributed by atoms with Crippen LogP contribution in [0.25, 0.3) is 0 Å². The number of carbonyl (C=O) groups is 1. The highest BCUT2D eigenvalue weighted by Gasteiger charge is 2.24. The highest BCUT2D eigenvalue weighted by molar-refractivity contribution is 7.80. The summed E-state index contributed by atoms with van der Waals surface area (Å²) < 4.78 is 0. The lowest BCUT2D eigenvalue weighted by atomic mass is 9.93. The molecule has 0 aliphatic carbocycles. The molecule has 0 bridgehead atoms. The molecule has 0 saturated carbocycles. The fourth-order valence-electron chi connectivity index (χ4n) is 0.968. The molecule has 1 aromatic rings. The number of aromatic nitrogens is 2. The van der Waals surface area contributed by atoms with Crippen LogP contribution in [-0.2, 0) is 4.79 Å². The van der Waals surface area contributed by atoms with Gasteiger partial charge in [0.15, 0.2) is 0 Å². The van der Waals surface area contributed by atoms with E-state index in [0.29, 0.717) is 18.2 Å². The van der Waals surface area contributed by atoms with Gasteiger partial charge in [-0.25, -0.2) is 9.97 Å². The molecule has 7 heteroatoms. The summed E-state index contributed by atoms with van der Waals surface area (Å²) in [6.45, 7) is 3.81. The Bertz CT molecular complexity index is 446. The summed E-state index contributed by atoms with van der Waals surface area (Å²) in [6, 6.07) is 1.62. The minimum absolute atomic E-state index is 0.199. The minimum Gasteiger partial charge on any atom is -0.388 e. The molecule has 0 aliphatic heterocycles. The first-order chi connectivity index (χ1) is 7.83. The third kappa shape index (κ3) is 3.63. The van der Waals surface area contributed by atoms with Crippen molar-refractivity contribution < 1.29 is 4.79 Å². The zero-order valence-electron chi connectivity index (χ0n) is 9.73. The third-order valence-corrected chi connectivity index (χ3v) is 2.47. The Kier molecular flexibility index (Phi) is 3.95. The fraction of sp³-hybridized carbons (Fsp3) is 0.400. The van der Waals surface area contributed by atoms with E-state index in [1.54, 1.807) is 26.1 Å². The first-order valence-corrected chi connectivity index (χ1v) is 5.40. The standard InChI is InChI=1S/C10H15N5OS/c1-10(2,8(12)16)5-14-9-13-4-3-6(15-9)7(11)17/h3-4H,5H2,1-2H3,(H2,11,17)(H2,12,16)(H,13,14,15). The van der Waals surface area contributed by atoms with Crippen LogP contribution in [0.3, 0.4) is 0 Å². The van der Waals surface area contributed by atoms with E-state index in [9.17, 15) is 4.79 Å². The molecule has 17 heavy (non-hydrogen) atoms. The molecule has 92 valence electrons. The van der Waals surface area contributed by atoms with Crippen LogP contribution in [0.4, 0.5) is 5.95 Å². The van der Waals surface area contributed by atoms with Crippen molar-refractivity contribution in [2.45, 2.75) is 13.8 Å². The summed E-state index contributed by atoms with van der Waals surface area (Å²) in [4.78, 5) is 19.4. The summed E-state index contributed by atoms with van der Waals surface area (Å²) in [5, 5.41) is 2.92. The lowest BCUT2D eigenvalue weighted by Crippen LogP contribution is -2.37. The molecular weight excluding hydrogens is 238 g/mol. The van der Waals surface area contributed by atoms with Crippen molar-refractivity contribution in [3.8, 4) is 0 Å². The van der Waals surface area contributed by atoms with E-state index in [4.69, 9.17) is 23.7 Å². The Hall–Kier alpha value is -1.76. The van der Waals surface area contributed by atoms with Crippen LogP contribution < -0.4 is 16.8 Å². The topological polar surface area (TPSA) is 107 Å². The van der Waals surface area contributed by atoms with E-state index in [2.05, 4.69) is 15.3 Å². The van der Waals surface area contributed by atoms with E-state index < -0.39 is 11.3 Å². The molecule has 0 aliphatic rings. The smallest absolute Gasteiger partial charge is 0.224 e. The number of anilines is 1. The van der Waals surface area contributed by atoms with Crippen molar-refractivity contribution in [3.05, 3.63) is 18.0 Å². The van der Waals surface area contributed by atoms with Gasteiger partial charge in [-0.1, -0.05) is 12.2 Å². The first-order valence-electron chi connectivity index (χ1n) is 4.99. The number of hydrogen-bond acceptors (Lipinski definition) is 5. The second-order valence-electron chi connectivity index (χ2n) is 4.23. The second kappa shape index (κ2) is 5.05. The predicted octanol–water partition coefficient (Wildman–Crippen LogP) is 0.0342. The van der Waals surface area contributed by atoms with Gasteiger partial charge in [-0.3, -0.25) is 4.79 Å². The molecule has 0 unspecified atom stereocenters. The first kappa shape index (κ1) is 13.3. The van der Waals surface area contributed by atoms with Crippen molar-refractivity contribution in [3.63, 3.8) is 0 Å². The van der Waals surface area contributed by atoms with Crippen LogP contribution in [0, 0.1) is 5.41 Å². The van der Waals surface area contributed by atoms with Gasteiger partial charge in [0.2, 0.25) is 11.9 Å². The molecule has 0 fully saturated rings. The van der Waals surface area contributed by atoms with E-state index in [0.717, 1.165) is 0 Å². The number of rotatable bonds is 5. The van der Waals surface area contributed by atoms with Crippen LogP contribution in [0.1, 0.15) is 19.5 Å². The number of amides is 1. The molecule has 0 spiro atoms. The Morgan fingerprint density at radius 1 is 1.53 bits per heavy atom. The van der Waals surface area contributed by atoms with Crippen molar-refractivity contribution in [1.82, 2.24) is 9.97 Å². The Morgan fingerprint density at radius 3 is 2.71 bits per heavy atom. The molecule has 0 radical (unpaired) electrons. The van der Waals surface area contributed by atoms with E-state index in [-0.39, 0.29) is 4.99 Å². The van der Waals surface area contributed by atoms with Crippen LogP contribution in [0.5, 0.6) is 0 Å². The quantitative estimate of drug-likeness (QED) is 0.639. The number of carbonyl (C=O) groups excluding carboxylic acids is 1. The number of nitrogens with one attached hydrogen (secondary N) is 1. The van der Waals surface area contributed by atoms with Crippen molar-refractivity contribution in [2.75, 3.05) is 11.9 Å². The lowest BCUT2D eigenvalue weighted by Gasteiger charge is -2.20. The molecule has 1 amide bonds. The molecule has 5 N–H and O–H groups in total. The summed E-state index contributed by atoms with van der Waals surface area (Å²) in [5.74, 6) is -0.0277. The van der Waals surface area contributed by atoms with Gasteiger partial charge >= 0.3 is 0 Å². The molecule has 1 rings (SSSR count). The Labute approximate surface area is 105 Å². The maximum atomic E-state index is 11.1. The average Bonchev–Trinajstić information content (AvgIpc) is 2.26. The molecular formula is C10H15N5OS. The van der Waals surface area contributed by atoms with E-state index in [1.807, 2.05) is 0 Å². The highest BCUT2D eigenvalue weighted by Crippen LogP contribution is 2.14. The van der Waals surface area contributed by atoms with E-state index in [1.165, 1.54) is 0 Å². The maximum Gasteiger partial charge on any atom is 0.224 e. The maximum absolute atomic E-state index is 11.1. The van der Waals surface area contributed by atoms with E-state index >= 15 is 0 Å². The third-order valence-electron chi connectivity index (χ3n) is 2.26. The monoisotopic (exact) mass is 253 g/mol. The lowest BCUT2D eigenvalue weighted by molar-refractivity contribution is -0.125. The van der Waals surface area contributed by atoms with Crippen molar-refractivity contribution >= 4 is 29.1 Å². The average molecular weight is 253 g/mol. The largest absolute Gasteiger partial charge is 0.388 e. The van der Waals surface area contributed by atoms with Crippen LogP contribution in [0.2, 0.25) is 0 Å². The minimum atomic E-state index is -0.678. The Morgan fingerprint density at radius 2 is 2.18 bits per heavy atom. The van der Waals surface area contributed by atoms with Gasteiger partial charge in [-0.05, 0) is 19.9 Å². The van der Waals surface area contributed by atoms with Crippen molar-refractivity contribution in [2.24, 2.45) is 16.9 Å². The number of nitrogens with two attached hydrogens (primary N) is 2. The Balaban J connectivity index is 2.73. The molecule has 1 heterocycles. The highest BCUT2D eigenvalue weighted by atomic mass is 32.1. The van der Waals surface area contributed by atoms with Gasteiger partial charge in [0.05, 0.1) is 5.41 Å². The summed E-state index contributed by atoms with van der Waals surface area (Å²) in [7, 11) is 0. The number of thiocarbonyl (C=S) groups is 1. The van der Waals surface area contributed by atoms with Crippen LogP contribution in [-0.4, -0.2) is 27.4 Å². The number of nitrogens with zero attached hydrogens (tertiary/aromatic N) is 2. The summed E-state index contributed by atoms with van der Waals surface area (Å²) >= 11 is 4.81. The number of hydrogen-bond donors (Lipinski definition) is 3. The summed E-state index contributed by atoms with van der Waals surface area (Å²) in [5.41, 5.74) is 10.5. The molecule has 0 saturated heterocycles. The predicted molar refractivity (Wildman–Crippen MR) is 69.4 cm³/mol.